The second-order valence-electron chi connectivity index (χ2n) is 9.64. The first-order chi connectivity index (χ1) is 19.9. The molecule has 0 bridgehead atoms. The summed E-state index contributed by atoms with van der Waals surface area (Å²) >= 11 is 0.895. The van der Waals surface area contributed by atoms with Gasteiger partial charge in [0.25, 0.3) is 10.0 Å². The van der Waals surface area contributed by atoms with E-state index in [2.05, 4.69) is 9.36 Å². The average molecular weight is 663 g/mol. The summed E-state index contributed by atoms with van der Waals surface area (Å²) in [6.07, 6.45) is -7.09. The zero-order valence-corrected chi connectivity index (χ0v) is 23.7. The third-order valence-corrected chi connectivity index (χ3v) is 9.27. The molecule has 2 heterocycles. The van der Waals surface area contributed by atoms with E-state index in [1.807, 2.05) is 31.2 Å². The van der Waals surface area contributed by atoms with Gasteiger partial charge in [0, 0.05) is 44.1 Å². The first kappa shape index (κ1) is 32.8. The standard InChI is InChI=1S/C25H23F9N4O3S2/c1-16-3-7-18(8-4-16)41-19-9-5-17(6-10-19)15-20-35-21(42-36-20)37-11-2-12-38(14-13-37)43(39,40)25(33,34)23(28,29)22(26,27)24(30,31)32/h3-10H,2,11-15H2,1H3. The molecule has 0 saturated carbocycles. The maximum atomic E-state index is 14.3. The second kappa shape index (κ2) is 11.8. The largest absolute Gasteiger partial charge is 0.460 e. The van der Waals surface area contributed by atoms with Gasteiger partial charge in [-0.15, -0.1) is 0 Å². The fourth-order valence-corrected chi connectivity index (χ4v) is 6.26. The molecule has 7 nitrogen and oxygen atoms in total. The van der Waals surface area contributed by atoms with Crippen LogP contribution < -0.4 is 9.64 Å². The predicted octanol–water partition coefficient (Wildman–Crippen LogP) is 6.50. The number of aromatic nitrogens is 2. The number of anilines is 1. The second-order valence-corrected chi connectivity index (χ2v) is 12.3. The zero-order chi connectivity index (χ0) is 31.8. The number of rotatable bonds is 9. The first-order valence-corrected chi connectivity index (χ1v) is 14.7. The fraction of sp³-hybridized carbons (Fsp3) is 0.440. The molecule has 0 aliphatic carbocycles. The lowest BCUT2D eigenvalue weighted by Crippen LogP contribution is -2.65. The molecule has 2 aromatic carbocycles. The van der Waals surface area contributed by atoms with E-state index in [-0.39, 0.29) is 28.8 Å². The Bertz CT molecular complexity index is 1510. The quantitative estimate of drug-likeness (QED) is 0.244. The van der Waals surface area contributed by atoms with E-state index in [1.165, 1.54) is 4.90 Å². The van der Waals surface area contributed by atoms with Gasteiger partial charge in [0.1, 0.15) is 17.3 Å². The van der Waals surface area contributed by atoms with E-state index in [0.29, 0.717) is 17.3 Å². The van der Waals surface area contributed by atoms with Crippen molar-refractivity contribution in [1.82, 2.24) is 13.7 Å². The predicted molar refractivity (Wildman–Crippen MR) is 139 cm³/mol. The van der Waals surface area contributed by atoms with Gasteiger partial charge < -0.3 is 9.64 Å². The highest BCUT2D eigenvalue weighted by atomic mass is 32.2. The third-order valence-electron chi connectivity index (χ3n) is 6.50. The summed E-state index contributed by atoms with van der Waals surface area (Å²) in [6, 6.07) is 14.5. The SMILES string of the molecule is Cc1ccc(Oc2ccc(Cc3nsc(N4CCCN(S(=O)(=O)C(F)(F)C(F)(F)C(F)(F)C(F)(F)F)CC4)n3)cc2)cc1. The van der Waals surface area contributed by atoms with Gasteiger partial charge in [-0.2, -0.15) is 48.2 Å². The van der Waals surface area contributed by atoms with Crippen LogP contribution in [0.5, 0.6) is 11.5 Å². The van der Waals surface area contributed by atoms with Gasteiger partial charge in [0.2, 0.25) is 5.13 Å². The van der Waals surface area contributed by atoms with Gasteiger partial charge in [0.05, 0.1) is 0 Å². The minimum atomic E-state index is -7.31. The number of alkyl halides is 9. The van der Waals surface area contributed by atoms with Crippen LogP contribution in [0.1, 0.15) is 23.4 Å². The molecule has 0 amide bonds. The molecule has 0 atom stereocenters. The Kier molecular flexibility index (Phi) is 8.97. The lowest BCUT2D eigenvalue weighted by atomic mass is 10.1. The molecule has 3 aromatic rings. The number of halogens is 9. The Labute approximate surface area is 244 Å². The van der Waals surface area contributed by atoms with Crippen LogP contribution >= 0.6 is 11.5 Å². The van der Waals surface area contributed by atoms with Crippen molar-refractivity contribution in [3.63, 3.8) is 0 Å². The number of benzene rings is 2. The van der Waals surface area contributed by atoms with E-state index in [9.17, 15) is 47.9 Å². The molecule has 1 fully saturated rings. The van der Waals surface area contributed by atoms with Gasteiger partial charge in [0.15, 0.2) is 0 Å². The summed E-state index contributed by atoms with van der Waals surface area (Å²) < 4.78 is 155. The fourth-order valence-electron chi connectivity index (χ4n) is 4.06. The molecule has 1 saturated heterocycles. The van der Waals surface area contributed by atoms with Crippen LogP contribution in [0.4, 0.5) is 44.6 Å². The Morgan fingerprint density at radius 3 is 1.98 bits per heavy atom. The smallest absolute Gasteiger partial charge is 0.457 e. The molecule has 236 valence electrons. The monoisotopic (exact) mass is 662 g/mol. The van der Waals surface area contributed by atoms with Crippen LogP contribution in [0.15, 0.2) is 48.5 Å². The average Bonchev–Trinajstić information content (AvgIpc) is 3.23. The summed E-state index contributed by atoms with van der Waals surface area (Å²) in [6.45, 7) is -0.179. The number of nitrogens with zero attached hydrogens (tertiary/aromatic N) is 4. The van der Waals surface area contributed by atoms with Crippen LogP contribution in [0.25, 0.3) is 0 Å². The van der Waals surface area contributed by atoms with Gasteiger partial charge >= 0.3 is 23.3 Å². The lowest BCUT2D eigenvalue weighted by Gasteiger charge is -2.35. The Morgan fingerprint density at radius 2 is 1.40 bits per heavy atom. The van der Waals surface area contributed by atoms with Gasteiger partial charge in [-0.05, 0) is 43.2 Å². The van der Waals surface area contributed by atoms with Crippen LogP contribution in [0.2, 0.25) is 0 Å². The molecule has 1 aliphatic heterocycles. The summed E-state index contributed by atoms with van der Waals surface area (Å²) in [4.78, 5) is 5.77. The van der Waals surface area contributed by atoms with Crippen molar-refractivity contribution in [2.24, 2.45) is 0 Å². The zero-order valence-electron chi connectivity index (χ0n) is 22.1. The maximum Gasteiger partial charge on any atom is 0.460 e. The molecular formula is C25H23F9N4O3S2. The molecule has 43 heavy (non-hydrogen) atoms. The molecule has 0 spiro atoms. The van der Waals surface area contributed by atoms with E-state index in [4.69, 9.17) is 4.74 Å². The highest BCUT2D eigenvalue weighted by molar-refractivity contribution is 7.90. The van der Waals surface area contributed by atoms with Gasteiger partial charge in [-0.1, -0.05) is 29.8 Å². The van der Waals surface area contributed by atoms with Crippen molar-refractivity contribution in [2.45, 2.75) is 43.0 Å². The highest BCUT2D eigenvalue weighted by Gasteiger charge is 2.85. The Hall–Kier alpha value is -3.12. The van der Waals surface area contributed by atoms with Crippen molar-refractivity contribution in [1.29, 1.82) is 0 Å². The van der Waals surface area contributed by atoms with Crippen LogP contribution in [-0.2, 0) is 16.4 Å². The van der Waals surface area contributed by atoms with E-state index in [1.54, 1.807) is 24.3 Å². The van der Waals surface area contributed by atoms with Crippen LogP contribution in [-0.4, -0.2) is 71.5 Å². The van der Waals surface area contributed by atoms with Crippen molar-refractivity contribution < 1.29 is 52.7 Å². The maximum absolute atomic E-state index is 14.3. The lowest BCUT2D eigenvalue weighted by molar-refractivity contribution is -0.382. The van der Waals surface area contributed by atoms with E-state index >= 15 is 0 Å². The number of ether oxygens (including phenoxy) is 1. The molecular weight excluding hydrogens is 639 g/mol. The molecule has 0 radical (unpaired) electrons. The van der Waals surface area contributed by atoms with Gasteiger partial charge in [-0.25, -0.2) is 13.4 Å². The molecule has 4 rings (SSSR count). The number of hydrogen-bond donors (Lipinski definition) is 0. The van der Waals surface area contributed by atoms with Crippen molar-refractivity contribution in [3.05, 3.63) is 65.5 Å². The van der Waals surface area contributed by atoms with Crippen molar-refractivity contribution in [3.8, 4) is 11.5 Å². The third kappa shape index (κ3) is 6.40. The first-order valence-electron chi connectivity index (χ1n) is 12.5. The van der Waals surface area contributed by atoms with Crippen LogP contribution in [0.3, 0.4) is 0 Å². The van der Waals surface area contributed by atoms with Crippen molar-refractivity contribution in [2.75, 3.05) is 31.1 Å². The van der Waals surface area contributed by atoms with Gasteiger partial charge in [-0.3, -0.25) is 0 Å². The molecule has 18 heteroatoms. The molecule has 0 unspecified atom stereocenters. The summed E-state index contributed by atoms with van der Waals surface area (Å²) in [5, 5.41) is -6.51. The summed E-state index contributed by atoms with van der Waals surface area (Å²) in [5.41, 5.74) is 1.89. The van der Waals surface area contributed by atoms with E-state index in [0.717, 1.165) is 22.7 Å². The molecule has 0 N–H and O–H groups in total. The number of hydrogen-bond acceptors (Lipinski definition) is 7. The summed E-state index contributed by atoms with van der Waals surface area (Å²) in [5.74, 6) is -13.0. The summed E-state index contributed by atoms with van der Waals surface area (Å²) in [7, 11) is -6.65. The minimum Gasteiger partial charge on any atom is -0.457 e. The highest BCUT2D eigenvalue weighted by Crippen LogP contribution is 2.55. The molecule has 1 aliphatic rings. The Balaban J connectivity index is 1.40. The van der Waals surface area contributed by atoms with E-state index < -0.39 is 52.9 Å². The number of sulfonamides is 1. The topological polar surface area (TPSA) is 75.6 Å². The minimum absolute atomic E-state index is 0.00756. The number of aryl methyl sites for hydroxylation is 1. The van der Waals surface area contributed by atoms with Crippen molar-refractivity contribution >= 4 is 26.7 Å². The van der Waals surface area contributed by atoms with Crippen LogP contribution in [0, 0.1) is 6.92 Å². The normalized spacial score (nSPS) is 16.3. The molecule has 1 aromatic heterocycles. The Morgan fingerprint density at radius 1 is 0.814 bits per heavy atom.